The molecule has 0 unspecified atom stereocenters. The number of hydrogen-bond acceptors (Lipinski definition) is 6. The quantitative estimate of drug-likeness (QED) is 0.502. The average Bonchev–Trinajstić information content (AvgIpc) is 2.42. The van der Waals surface area contributed by atoms with Crippen LogP contribution < -0.4 is 21.9 Å². The number of para-hydroxylation sites is 1. The van der Waals surface area contributed by atoms with Crippen molar-refractivity contribution in [2.75, 3.05) is 20.3 Å². The van der Waals surface area contributed by atoms with Crippen LogP contribution in [-0.4, -0.2) is 37.0 Å². The van der Waals surface area contributed by atoms with Gasteiger partial charge in [-0.1, -0.05) is 0 Å². The van der Waals surface area contributed by atoms with Gasteiger partial charge >= 0.3 is 116 Å². The van der Waals surface area contributed by atoms with E-state index < -0.39 is 21.9 Å². The number of halogens is 1. The fourth-order valence-electron chi connectivity index (χ4n) is 1.36. The Kier molecular flexibility index (Phi) is 4.76. The van der Waals surface area contributed by atoms with Gasteiger partial charge in [0.25, 0.3) is 0 Å². The predicted octanol–water partition coefficient (Wildman–Crippen LogP) is -1.89. The molecule has 1 heterocycles. The zero-order valence-corrected chi connectivity index (χ0v) is 11.8. The molecule has 2 rings (SSSR count). The summed E-state index contributed by atoms with van der Waals surface area (Å²) >= 11 is -0.817. The molecule has 0 bridgehead atoms. The minimum absolute atomic E-state index is 0.119. The maximum atomic E-state index is 9.85. The second-order valence-electron chi connectivity index (χ2n) is 3.25. The molecule has 0 amide bonds. The van der Waals surface area contributed by atoms with Crippen LogP contribution in [0.25, 0.3) is 0 Å². The van der Waals surface area contributed by atoms with Crippen LogP contribution in [0.4, 0.5) is 0 Å². The summed E-state index contributed by atoms with van der Waals surface area (Å²) in [5.74, 6) is 0.396. The number of phenolic OH excluding ortho intramolecular Hbond substituents is 1. The normalized spacial score (nSPS) is 15.8. The van der Waals surface area contributed by atoms with Gasteiger partial charge in [-0.05, 0) is 0 Å². The summed E-state index contributed by atoms with van der Waals surface area (Å²) in [7, 11) is 1.58. The number of aromatic hydroxyl groups is 1. The van der Waals surface area contributed by atoms with Gasteiger partial charge in [0.05, 0.1) is 0 Å². The van der Waals surface area contributed by atoms with Crippen molar-refractivity contribution in [3.8, 4) is 5.75 Å². The average molecular weight is 363 g/mol. The molecule has 98 valence electrons. The van der Waals surface area contributed by atoms with Crippen molar-refractivity contribution in [2.24, 2.45) is 8.36 Å². The molecule has 0 fully saturated rings. The molecular weight excluding hydrogens is 351 g/mol. The first kappa shape index (κ1) is 13.1. The Labute approximate surface area is 115 Å². The fraction of sp³-hybridized carbons (Fsp3) is 0.273. The molecule has 0 saturated carbocycles. The zero-order valence-electron chi connectivity index (χ0n) is 9.67. The number of hydrogen-bond donors (Lipinski definition) is 1. The SMILES string of the molecule is CO[I-]N=C(C1=NOCCO1)c1ccccc1O. The van der Waals surface area contributed by atoms with Crippen LogP contribution in [-0.2, 0) is 12.6 Å². The fourth-order valence-corrected chi connectivity index (χ4v) is 2.22. The summed E-state index contributed by atoms with van der Waals surface area (Å²) in [6, 6.07) is 6.87. The van der Waals surface area contributed by atoms with Crippen LogP contribution >= 0.6 is 0 Å². The van der Waals surface area contributed by atoms with E-state index in [0.717, 1.165) is 0 Å². The number of oxime groups is 1. The number of rotatable bonds is 4. The van der Waals surface area contributed by atoms with Crippen molar-refractivity contribution < 1.29 is 39.6 Å². The standard InChI is InChI=1S/C11H12IN2O4/c1-16-12-13-10(11-14-18-7-6-17-11)8-4-2-3-5-9(8)15/h2-5,15H,6-7H2,1H3/q-1. The Bertz CT molecular complexity index is 476. The molecule has 0 aliphatic carbocycles. The Morgan fingerprint density at radius 2 is 2.28 bits per heavy atom. The molecule has 0 radical (unpaired) electrons. The van der Waals surface area contributed by atoms with Crippen molar-refractivity contribution in [1.82, 2.24) is 0 Å². The Balaban J connectivity index is 2.37. The van der Waals surface area contributed by atoms with Crippen LogP contribution in [0, 0.1) is 0 Å². The maximum absolute atomic E-state index is 9.85. The molecule has 7 heteroatoms. The van der Waals surface area contributed by atoms with Crippen LogP contribution in [0.5, 0.6) is 5.75 Å². The van der Waals surface area contributed by atoms with E-state index in [1.807, 2.05) is 0 Å². The van der Waals surface area contributed by atoms with E-state index in [2.05, 4.69) is 8.36 Å². The first-order valence-corrected chi connectivity index (χ1v) is 7.04. The first-order valence-electron chi connectivity index (χ1n) is 5.19. The molecule has 0 aromatic heterocycles. The molecule has 1 aliphatic rings. The number of ether oxygens (including phenoxy) is 1. The topological polar surface area (TPSA) is 72.6 Å². The van der Waals surface area contributed by atoms with E-state index in [1.54, 1.807) is 31.4 Å². The van der Waals surface area contributed by atoms with E-state index in [4.69, 9.17) is 12.6 Å². The van der Waals surface area contributed by atoms with Gasteiger partial charge in [-0.15, -0.1) is 0 Å². The van der Waals surface area contributed by atoms with Crippen LogP contribution in [0.1, 0.15) is 5.56 Å². The van der Waals surface area contributed by atoms with Crippen molar-refractivity contribution >= 4 is 11.6 Å². The van der Waals surface area contributed by atoms with E-state index >= 15 is 0 Å². The Morgan fingerprint density at radius 3 is 2.94 bits per heavy atom. The van der Waals surface area contributed by atoms with Crippen molar-refractivity contribution in [1.29, 1.82) is 0 Å². The van der Waals surface area contributed by atoms with Gasteiger partial charge in [0.1, 0.15) is 0 Å². The molecule has 1 aliphatic heterocycles. The molecule has 1 N–H and O–H groups in total. The van der Waals surface area contributed by atoms with Gasteiger partial charge in [0, 0.05) is 0 Å². The molecular formula is C11H12IN2O4-. The minimum atomic E-state index is -0.817. The molecule has 1 aromatic rings. The van der Waals surface area contributed by atoms with Gasteiger partial charge in [0.15, 0.2) is 0 Å². The van der Waals surface area contributed by atoms with E-state index in [1.165, 1.54) is 0 Å². The van der Waals surface area contributed by atoms with E-state index in [-0.39, 0.29) is 11.6 Å². The third-order valence-corrected chi connectivity index (χ3v) is 3.18. The van der Waals surface area contributed by atoms with Crippen molar-refractivity contribution in [3.05, 3.63) is 29.8 Å². The summed E-state index contributed by atoms with van der Waals surface area (Å²) in [5.41, 5.74) is 1.01. The van der Waals surface area contributed by atoms with Gasteiger partial charge in [-0.25, -0.2) is 0 Å². The number of nitrogens with zero attached hydrogens (tertiary/aromatic N) is 2. The van der Waals surface area contributed by atoms with Crippen LogP contribution in [0.3, 0.4) is 0 Å². The Morgan fingerprint density at radius 1 is 1.44 bits per heavy atom. The summed E-state index contributed by atoms with van der Waals surface area (Å²) < 4.78 is 14.7. The third-order valence-electron chi connectivity index (χ3n) is 2.11. The monoisotopic (exact) mass is 363 g/mol. The summed E-state index contributed by atoms with van der Waals surface area (Å²) in [4.78, 5) is 4.98. The predicted molar refractivity (Wildman–Crippen MR) is 61.0 cm³/mol. The summed E-state index contributed by atoms with van der Waals surface area (Å²) in [6.07, 6.45) is 0. The molecule has 0 atom stereocenters. The molecule has 6 nitrogen and oxygen atoms in total. The summed E-state index contributed by atoms with van der Waals surface area (Å²) in [5, 5.41) is 13.7. The van der Waals surface area contributed by atoms with E-state index in [0.29, 0.717) is 24.5 Å². The second kappa shape index (κ2) is 6.55. The number of phenols is 1. The number of benzene rings is 1. The van der Waals surface area contributed by atoms with Gasteiger partial charge in [0.2, 0.25) is 0 Å². The second-order valence-corrected chi connectivity index (χ2v) is 5.01. The Hall–Kier alpha value is -1.35. The van der Waals surface area contributed by atoms with Crippen molar-refractivity contribution in [3.63, 3.8) is 0 Å². The zero-order chi connectivity index (χ0) is 12.8. The van der Waals surface area contributed by atoms with Gasteiger partial charge < -0.3 is 0 Å². The molecule has 1 aromatic carbocycles. The summed E-state index contributed by atoms with van der Waals surface area (Å²) in [6.45, 7) is 0.827. The third kappa shape index (κ3) is 3.10. The van der Waals surface area contributed by atoms with Gasteiger partial charge in [-0.3, -0.25) is 0 Å². The van der Waals surface area contributed by atoms with Gasteiger partial charge in [-0.2, -0.15) is 0 Å². The molecule has 0 saturated heterocycles. The van der Waals surface area contributed by atoms with E-state index in [9.17, 15) is 5.11 Å². The molecule has 18 heavy (non-hydrogen) atoms. The van der Waals surface area contributed by atoms with Crippen LogP contribution in [0.2, 0.25) is 0 Å². The van der Waals surface area contributed by atoms with Crippen molar-refractivity contribution in [2.45, 2.75) is 0 Å². The molecule has 0 spiro atoms. The first-order chi connectivity index (χ1) is 8.83. The van der Waals surface area contributed by atoms with Crippen LogP contribution in [0.15, 0.2) is 32.6 Å².